The van der Waals surface area contributed by atoms with Crippen molar-refractivity contribution in [3.05, 3.63) is 52.5 Å². The summed E-state index contributed by atoms with van der Waals surface area (Å²) in [5.74, 6) is -1.07. The van der Waals surface area contributed by atoms with Crippen LogP contribution in [0.3, 0.4) is 0 Å². The average Bonchev–Trinajstić information content (AvgIpc) is 3.01. The van der Waals surface area contributed by atoms with Crippen molar-refractivity contribution in [2.75, 3.05) is 0 Å². The molecule has 0 radical (unpaired) electrons. The highest BCUT2D eigenvalue weighted by atomic mass is 16.4. The number of carboxylic acid groups (broad SMARTS) is 1. The number of hydrogen-bond donors (Lipinski definition) is 2. The number of nitrogens with two attached hydrogens (primary N) is 1. The van der Waals surface area contributed by atoms with Crippen LogP contribution in [-0.2, 0) is 18.3 Å². The van der Waals surface area contributed by atoms with E-state index in [4.69, 9.17) is 10.8 Å². The van der Waals surface area contributed by atoms with Gasteiger partial charge in [-0.3, -0.25) is 9.59 Å². The first-order valence-electron chi connectivity index (χ1n) is 7.36. The summed E-state index contributed by atoms with van der Waals surface area (Å²) in [6.07, 6.45) is 5.12. The Morgan fingerprint density at radius 2 is 2.17 bits per heavy atom. The normalized spacial score (nSPS) is 12.5. The SMILES string of the molecule is Cc1cn(C)c(=O)c(-c2ccc(C[C@H](N)C(=O)O)n3ccnc23)n1. The summed E-state index contributed by atoms with van der Waals surface area (Å²) >= 11 is 0. The highest BCUT2D eigenvalue weighted by molar-refractivity contribution is 5.76. The molecule has 24 heavy (non-hydrogen) atoms. The molecule has 3 rings (SSSR count). The van der Waals surface area contributed by atoms with E-state index < -0.39 is 12.0 Å². The van der Waals surface area contributed by atoms with Crippen molar-refractivity contribution in [2.24, 2.45) is 12.8 Å². The fourth-order valence-corrected chi connectivity index (χ4v) is 2.67. The van der Waals surface area contributed by atoms with Gasteiger partial charge in [0.2, 0.25) is 0 Å². The van der Waals surface area contributed by atoms with Crippen LogP contribution in [0.15, 0.2) is 35.5 Å². The summed E-state index contributed by atoms with van der Waals surface area (Å²) in [6, 6.07) is 2.47. The first-order valence-corrected chi connectivity index (χ1v) is 7.36. The van der Waals surface area contributed by atoms with E-state index in [1.54, 1.807) is 42.2 Å². The minimum atomic E-state index is -1.07. The maximum atomic E-state index is 12.4. The number of rotatable bonds is 4. The molecule has 0 aromatic carbocycles. The Morgan fingerprint density at radius 1 is 1.42 bits per heavy atom. The van der Waals surface area contributed by atoms with Gasteiger partial charge in [-0.2, -0.15) is 0 Å². The second-order valence-corrected chi connectivity index (χ2v) is 5.66. The number of carboxylic acids is 1. The molecular formula is C16H17N5O3. The van der Waals surface area contributed by atoms with Crippen molar-refractivity contribution >= 4 is 11.6 Å². The lowest BCUT2D eigenvalue weighted by atomic mass is 10.1. The molecule has 0 bridgehead atoms. The van der Waals surface area contributed by atoms with Gasteiger partial charge in [-0.15, -0.1) is 0 Å². The van der Waals surface area contributed by atoms with Crippen molar-refractivity contribution in [1.82, 2.24) is 18.9 Å². The molecule has 3 heterocycles. The van der Waals surface area contributed by atoms with E-state index in [1.807, 2.05) is 6.92 Å². The predicted molar refractivity (Wildman–Crippen MR) is 87.7 cm³/mol. The summed E-state index contributed by atoms with van der Waals surface area (Å²) in [4.78, 5) is 32.0. The number of fused-ring (bicyclic) bond motifs is 1. The van der Waals surface area contributed by atoms with Gasteiger partial charge in [0.25, 0.3) is 5.56 Å². The zero-order chi connectivity index (χ0) is 17.4. The number of carbonyl (C=O) groups is 1. The zero-order valence-electron chi connectivity index (χ0n) is 13.3. The van der Waals surface area contributed by atoms with Crippen LogP contribution >= 0.6 is 0 Å². The molecule has 3 aromatic heterocycles. The van der Waals surface area contributed by atoms with Gasteiger partial charge in [-0.25, -0.2) is 9.97 Å². The van der Waals surface area contributed by atoms with Crippen molar-refractivity contribution in [1.29, 1.82) is 0 Å². The van der Waals surface area contributed by atoms with Crippen molar-refractivity contribution in [3.63, 3.8) is 0 Å². The standard InChI is InChI=1S/C16H17N5O3/c1-9-8-20(2)15(22)13(19-9)11-4-3-10(7-12(17)16(23)24)21-6-5-18-14(11)21/h3-6,8,12H,7,17H2,1-2H3,(H,23,24)/t12-/m0/s1. The van der Waals surface area contributed by atoms with E-state index in [2.05, 4.69) is 9.97 Å². The van der Waals surface area contributed by atoms with E-state index in [-0.39, 0.29) is 12.0 Å². The molecule has 3 aromatic rings. The average molecular weight is 327 g/mol. The Morgan fingerprint density at radius 3 is 2.88 bits per heavy atom. The Hall–Kier alpha value is -3.00. The maximum absolute atomic E-state index is 12.4. The molecular weight excluding hydrogens is 310 g/mol. The third-order valence-electron chi connectivity index (χ3n) is 3.83. The molecule has 0 spiro atoms. The van der Waals surface area contributed by atoms with E-state index in [9.17, 15) is 9.59 Å². The minimum Gasteiger partial charge on any atom is -0.480 e. The highest BCUT2D eigenvalue weighted by Gasteiger charge is 2.18. The van der Waals surface area contributed by atoms with Gasteiger partial charge in [0.1, 0.15) is 17.4 Å². The van der Waals surface area contributed by atoms with Crippen LogP contribution in [0.25, 0.3) is 16.9 Å². The van der Waals surface area contributed by atoms with E-state index in [0.29, 0.717) is 28.3 Å². The molecule has 0 fully saturated rings. The number of aliphatic carboxylic acids is 1. The molecule has 0 aliphatic heterocycles. The summed E-state index contributed by atoms with van der Waals surface area (Å²) in [6.45, 7) is 1.81. The van der Waals surface area contributed by atoms with E-state index >= 15 is 0 Å². The minimum absolute atomic E-state index is 0.154. The molecule has 0 amide bonds. The summed E-state index contributed by atoms with van der Waals surface area (Å²) < 4.78 is 3.22. The second kappa shape index (κ2) is 5.89. The molecule has 0 saturated heterocycles. The molecule has 8 heteroatoms. The lowest BCUT2D eigenvalue weighted by Crippen LogP contribution is -2.32. The maximum Gasteiger partial charge on any atom is 0.320 e. The first-order chi connectivity index (χ1) is 11.4. The van der Waals surface area contributed by atoms with Gasteiger partial charge in [-0.05, 0) is 19.1 Å². The van der Waals surface area contributed by atoms with Gasteiger partial charge < -0.3 is 19.8 Å². The van der Waals surface area contributed by atoms with Crippen molar-refractivity contribution in [3.8, 4) is 11.3 Å². The monoisotopic (exact) mass is 327 g/mol. The lowest BCUT2D eigenvalue weighted by molar-refractivity contribution is -0.138. The highest BCUT2D eigenvalue weighted by Crippen LogP contribution is 2.21. The Kier molecular flexibility index (Phi) is 3.90. The summed E-state index contributed by atoms with van der Waals surface area (Å²) in [7, 11) is 1.67. The predicted octanol–water partition coefficient (Wildman–Crippen LogP) is 0.358. The molecule has 0 saturated carbocycles. The summed E-state index contributed by atoms with van der Waals surface area (Å²) in [5, 5.41) is 8.99. The number of aromatic nitrogens is 4. The second-order valence-electron chi connectivity index (χ2n) is 5.66. The fraction of sp³-hybridized carbons (Fsp3) is 0.250. The Labute approximate surface area is 137 Å². The van der Waals surface area contributed by atoms with Gasteiger partial charge in [0.15, 0.2) is 0 Å². The van der Waals surface area contributed by atoms with Gasteiger partial charge in [-0.1, -0.05) is 0 Å². The quantitative estimate of drug-likeness (QED) is 0.715. The largest absolute Gasteiger partial charge is 0.480 e. The van der Waals surface area contributed by atoms with Crippen LogP contribution < -0.4 is 11.3 Å². The molecule has 1 atom stereocenters. The van der Waals surface area contributed by atoms with Crippen LogP contribution in [0, 0.1) is 6.92 Å². The zero-order valence-corrected chi connectivity index (χ0v) is 13.3. The molecule has 0 aliphatic carbocycles. The third kappa shape index (κ3) is 2.67. The lowest BCUT2D eigenvalue weighted by Gasteiger charge is -2.12. The summed E-state index contributed by atoms with van der Waals surface area (Å²) in [5.41, 5.74) is 8.26. The number of nitrogens with zero attached hydrogens (tertiary/aromatic N) is 4. The molecule has 0 unspecified atom stereocenters. The van der Waals surface area contributed by atoms with Gasteiger partial charge in [0.05, 0.1) is 5.69 Å². The molecule has 3 N–H and O–H groups in total. The van der Waals surface area contributed by atoms with Crippen molar-refractivity contribution in [2.45, 2.75) is 19.4 Å². The number of aryl methyl sites for hydroxylation is 2. The molecule has 0 aliphatic rings. The third-order valence-corrected chi connectivity index (χ3v) is 3.83. The topological polar surface area (TPSA) is 116 Å². The number of hydrogen-bond acceptors (Lipinski definition) is 5. The van der Waals surface area contributed by atoms with E-state index in [0.717, 1.165) is 0 Å². The van der Waals surface area contributed by atoms with Crippen LogP contribution in [0.5, 0.6) is 0 Å². The fourth-order valence-electron chi connectivity index (χ4n) is 2.67. The van der Waals surface area contributed by atoms with E-state index in [1.165, 1.54) is 4.57 Å². The molecule has 8 nitrogen and oxygen atoms in total. The Bertz CT molecular complexity index is 989. The van der Waals surface area contributed by atoms with Gasteiger partial charge in [0, 0.05) is 43.3 Å². The number of pyridine rings is 1. The number of imidazole rings is 1. The van der Waals surface area contributed by atoms with Gasteiger partial charge >= 0.3 is 5.97 Å². The molecule has 124 valence electrons. The first kappa shape index (κ1) is 15.9. The Balaban J connectivity index is 2.18. The smallest absolute Gasteiger partial charge is 0.320 e. The van der Waals surface area contributed by atoms with Crippen molar-refractivity contribution < 1.29 is 9.90 Å². The van der Waals surface area contributed by atoms with Crippen LogP contribution in [0.2, 0.25) is 0 Å². The van der Waals surface area contributed by atoms with Crippen LogP contribution in [0.1, 0.15) is 11.4 Å². The van der Waals surface area contributed by atoms with Crippen LogP contribution in [0.4, 0.5) is 0 Å². The van der Waals surface area contributed by atoms with Crippen LogP contribution in [-0.4, -0.2) is 36.1 Å².